The quantitative estimate of drug-likeness (QED) is 0.737. The Labute approximate surface area is 155 Å². The molecule has 0 spiro atoms. The molecule has 23 heavy (non-hydrogen) atoms. The van der Waals surface area contributed by atoms with E-state index in [9.17, 15) is 0 Å². The van der Waals surface area contributed by atoms with Gasteiger partial charge in [0, 0.05) is 20.1 Å². The molecule has 3 heterocycles. The number of aryl methyl sites for hydroxylation is 2. The summed E-state index contributed by atoms with van der Waals surface area (Å²) in [6.45, 7) is 10.1. The standard InChI is InChI=1S/C16H27N5O.HI/c1-12-13(2)22-15(19-12)11-21-7-4-14(5-8-21)10-18-16-17-6-9-20(16)3;/h14H,4-11H2,1-3H3,(H,17,18);1H. The minimum absolute atomic E-state index is 0. The van der Waals surface area contributed by atoms with Crippen LogP contribution in [0.5, 0.6) is 0 Å². The molecule has 2 aliphatic heterocycles. The van der Waals surface area contributed by atoms with Crippen LogP contribution in [0, 0.1) is 19.8 Å². The molecule has 0 amide bonds. The van der Waals surface area contributed by atoms with Gasteiger partial charge in [-0.05, 0) is 45.7 Å². The summed E-state index contributed by atoms with van der Waals surface area (Å²) in [5.41, 5.74) is 1.01. The van der Waals surface area contributed by atoms with Gasteiger partial charge in [0.05, 0.1) is 18.8 Å². The molecule has 1 saturated heterocycles. The van der Waals surface area contributed by atoms with Gasteiger partial charge in [0.2, 0.25) is 5.89 Å². The summed E-state index contributed by atoms with van der Waals surface area (Å²) >= 11 is 0. The number of rotatable bonds is 4. The fourth-order valence-corrected chi connectivity index (χ4v) is 3.11. The molecule has 7 heteroatoms. The second-order valence-electron chi connectivity index (χ2n) is 6.48. The molecule has 0 saturated carbocycles. The molecule has 1 fully saturated rings. The maximum atomic E-state index is 5.68. The Morgan fingerprint density at radius 2 is 1.96 bits per heavy atom. The normalized spacial score (nSPS) is 19.6. The summed E-state index contributed by atoms with van der Waals surface area (Å²) in [6.07, 6.45) is 2.45. The lowest BCUT2D eigenvalue weighted by Gasteiger charge is -2.31. The van der Waals surface area contributed by atoms with E-state index in [2.05, 4.69) is 32.1 Å². The Morgan fingerprint density at radius 3 is 2.52 bits per heavy atom. The minimum atomic E-state index is 0. The Balaban J connectivity index is 0.00000192. The predicted octanol–water partition coefficient (Wildman–Crippen LogP) is 2.01. The van der Waals surface area contributed by atoms with Gasteiger partial charge in [-0.2, -0.15) is 0 Å². The van der Waals surface area contributed by atoms with Gasteiger partial charge in [-0.25, -0.2) is 4.98 Å². The predicted molar refractivity (Wildman–Crippen MR) is 102 cm³/mol. The van der Waals surface area contributed by atoms with Crippen LogP contribution in [0.25, 0.3) is 0 Å². The summed E-state index contributed by atoms with van der Waals surface area (Å²) in [6, 6.07) is 0. The number of oxazole rings is 1. The molecular formula is C16H28IN5O. The highest BCUT2D eigenvalue weighted by Gasteiger charge is 2.22. The van der Waals surface area contributed by atoms with Crippen LogP contribution in [-0.4, -0.2) is 60.5 Å². The lowest BCUT2D eigenvalue weighted by Crippen LogP contribution is -2.41. The molecule has 1 aromatic heterocycles. The van der Waals surface area contributed by atoms with Gasteiger partial charge in [0.25, 0.3) is 0 Å². The summed E-state index contributed by atoms with van der Waals surface area (Å²) in [7, 11) is 2.10. The Bertz CT molecular complexity index is 517. The second-order valence-corrected chi connectivity index (χ2v) is 6.48. The maximum Gasteiger partial charge on any atom is 0.208 e. The Kier molecular flexibility index (Phi) is 6.70. The molecule has 2 aliphatic rings. The van der Waals surface area contributed by atoms with Crippen LogP contribution >= 0.6 is 24.0 Å². The van der Waals surface area contributed by atoms with Crippen molar-refractivity contribution in [3.8, 4) is 0 Å². The van der Waals surface area contributed by atoms with E-state index in [-0.39, 0.29) is 24.0 Å². The molecule has 3 rings (SSSR count). The number of nitrogens with one attached hydrogen (secondary N) is 1. The fraction of sp³-hybridized carbons (Fsp3) is 0.750. The van der Waals surface area contributed by atoms with Gasteiger partial charge in [-0.1, -0.05) is 0 Å². The summed E-state index contributed by atoms with van der Waals surface area (Å²) in [5.74, 6) is 3.60. The number of likely N-dealkylation sites (tertiary alicyclic amines) is 1. The fourth-order valence-electron chi connectivity index (χ4n) is 3.11. The molecule has 1 aromatic rings. The van der Waals surface area contributed by atoms with Crippen LogP contribution in [0.4, 0.5) is 0 Å². The SMILES string of the molecule is Cc1nc(CN2CCC(CNC3=NCCN3C)CC2)oc1C.I. The van der Waals surface area contributed by atoms with E-state index >= 15 is 0 Å². The number of piperidine rings is 1. The minimum Gasteiger partial charge on any atom is -0.444 e. The topological polar surface area (TPSA) is 56.9 Å². The van der Waals surface area contributed by atoms with Crippen LogP contribution in [-0.2, 0) is 6.54 Å². The van der Waals surface area contributed by atoms with Crippen molar-refractivity contribution in [2.75, 3.05) is 39.8 Å². The highest BCUT2D eigenvalue weighted by molar-refractivity contribution is 14.0. The van der Waals surface area contributed by atoms with Crippen molar-refractivity contribution in [1.29, 1.82) is 0 Å². The number of hydrogen-bond acceptors (Lipinski definition) is 6. The molecule has 1 N–H and O–H groups in total. The summed E-state index contributed by atoms with van der Waals surface area (Å²) in [5, 5.41) is 3.50. The van der Waals surface area contributed by atoms with E-state index in [1.165, 1.54) is 12.8 Å². The van der Waals surface area contributed by atoms with Gasteiger partial charge >= 0.3 is 0 Å². The van der Waals surface area contributed by atoms with Crippen molar-refractivity contribution in [3.63, 3.8) is 0 Å². The van der Waals surface area contributed by atoms with Crippen molar-refractivity contribution >= 4 is 29.9 Å². The molecule has 0 aromatic carbocycles. The molecular weight excluding hydrogens is 405 g/mol. The van der Waals surface area contributed by atoms with Crippen molar-refractivity contribution < 1.29 is 4.42 Å². The van der Waals surface area contributed by atoms with Crippen molar-refractivity contribution in [1.82, 2.24) is 20.1 Å². The van der Waals surface area contributed by atoms with Crippen molar-refractivity contribution in [2.24, 2.45) is 10.9 Å². The summed E-state index contributed by atoms with van der Waals surface area (Å²) < 4.78 is 5.68. The number of hydrogen-bond donors (Lipinski definition) is 1. The number of nitrogens with zero attached hydrogens (tertiary/aromatic N) is 4. The largest absolute Gasteiger partial charge is 0.444 e. The number of likely N-dealkylation sites (N-methyl/N-ethyl adjacent to an activating group) is 1. The van der Waals surface area contributed by atoms with Crippen LogP contribution in [0.3, 0.4) is 0 Å². The van der Waals surface area contributed by atoms with Gasteiger partial charge in [-0.15, -0.1) is 24.0 Å². The first-order valence-electron chi connectivity index (χ1n) is 8.26. The smallest absolute Gasteiger partial charge is 0.208 e. The van der Waals surface area contributed by atoms with Crippen LogP contribution in [0.15, 0.2) is 9.41 Å². The number of guanidine groups is 1. The van der Waals surface area contributed by atoms with E-state index in [0.717, 1.165) is 68.5 Å². The number of halogens is 1. The highest BCUT2D eigenvalue weighted by Crippen LogP contribution is 2.19. The first-order valence-corrected chi connectivity index (χ1v) is 8.26. The number of aromatic nitrogens is 1. The molecule has 0 aliphatic carbocycles. The van der Waals surface area contributed by atoms with Gasteiger partial charge in [0.1, 0.15) is 5.76 Å². The maximum absolute atomic E-state index is 5.68. The average molecular weight is 433 g/mol. The van der Waals surface area contributed by atoms with E-state index in [1.54, 1.807) is 0 Å². The molecule has 0 bridgehead atoms. The first kappa shape index (κ1) is 18.5. The zero-order valence-corrected chi connectivity index (χ0v) is 16.7. The average Bonchev–Trinajstić information content (AvgIpc) is 3.04. The molecule has 0 unspecified atom stereocenters. The third-order valence-electron chi connectivity index (χ3n) is 4.75. The van der Waals surface area contributed by atoms with E-state index in [4.69, 9.17) is 4.42 Å². The van der Waals surface area contributed by atoms with E-state index in [0.29, 0.717) is 0 Å². The molecule has 0 radical (unpaired) electrons. The Hall–Kier alpha value is -0.830. The van der Waals surface area contributed by atoms with Crippen LogP contribution < -0.4 is 5.32 Å². The highest BCUT2D eigenvalue weighted by atomic mass is 127. The molecule has 130 valence electrons. The molecule has 6 nitrogen and oxygen atoms in total. The van der Waals surface area contributed by atoms with Gasteiger partial charge in [-0.3, -0.25) is 9.89 Å². The van der Waals surface area contributed by atoms with E-state index < -0.39 is 0 Å². The third-order valence-corrected chi connectivity index (χ3v) is 4.75. The second kappa shape index (κ2) is 8.32. The lowest BCUT2D eigenvalue weighted by molar-refractivity contribution is 0.164. The monoisotopic (exact) mass is 433 g/mol. The Morgan fingerprint density at radius 1 is 1.22 bits per heavy atom. The van der Waals surface area contributed by atoms with Crippen molar-refractivity contribution in [3.05, 3.63) is 17.3 Å². The van der Waals surface area contributed by atoms with Crippen molar-refractivity contribution in [2.45, 2.75) is 33.2 Å². The summed E-state index contributed by atoms with van der Waals surface area (Å²) in [4.78, 5) is 13.6. The van der Waals surface area contributed by atoms with Crippen LogP contribution in [0.1, 0.15) is 30.2 Å². The molecule has 0 atom stereocenters. The first-order chi connectivity index (χ1) is 10.6. The lowest BCUT2D eigenvalue weighted by atomic mass is 9.97. The number of aliphatic imine (C=N–C) groups is 1. The van der Waals surface area contributed by atoms with Gasteiger partial charge in [0.15, 0.2) is 5.96 Å². The van der Waals surface area contributed by atoms with E-state index in [1.807, 2.05) is 13.8 Å². The van der Waals surface area contributed by atoms with Crippen LogP contribution in [0.2, 0.25) is 0 Å². The van der Waals surface area contributed by atoms with Gasteiger partial charge < -0.3 is 14.6 Å². The zero-order valence-electron chi connectivity index (χ0n) is 14.3. The third kappa shape index (κ3) is 4.82. The zero-order chi connectivity index (χ0) is 15.5.